The summed E-state index contributed by atoms with van der Waals surface area (Å²) in [5.74, 6) is 0.981. The Morgan fingerprint density at radius 1 is 1.36 bits per heavy atom. The monoisotopic (exact) mass is 358 g/mol. The van der Waals surface area contributed by atoms with Crippen LogP contribution in [0.4, 0.5) is 5.69 Å². The lowest BCUT2D eigenvalue weighted by molar-refractivity contribution is -0.384. The SMILES string of the molecule is CCOc1cc(C=C(C#N)c2cccc([N+](=O)[O-])c2)c(Cl)cc1OC. The fourth-order valence-electron chi connectivity index (χ4n) is 2.21. The van der Waals surface area contributed by atoms with E-state index >= 15 is 0 Å². The van der Waals surface area contributed by atoms with Crippen molar-refractivity contribution < 1.29 is 14.4 Å². The molecular weight excluding hydrogens is 344 g/mol. The van der Waals surface area contributed by atoms with Gasteiger partial charge in [0, 0.05) is 18.2 Å². The Hall–Kier alpha value is -3.04. The van der Waals surface area contributed by atoms with E-state index < -0.39 is 4.92 Å². The van der Waals surface area contributed by atoms with Crippen LogP contribution in [0.15, 0.2) is 36.4 Å². The molecule has 0 atom stereocenters. The first-order valence-corrected chi connectivity index (χ1v) is 7.75. The normalized spacial score (nSPS) is 10.9. The number of nitro groups is 1. The molecule has 0 N–H and O–H groups in total. The Labute approximate surface area is 150 Å². The number of nitrogens with zero attached hydrogens (tertiary/aromatic N) is 2. The number of benzene rings is 2. The van der Waals surface area contributed by atoms with Gasteiger partial charge in [0.1, 0.15) is 0 Å². The van der Waals surface area contributed by atoms with Crippen molar-refractivity contribution >= 4 is 28.9 Å². The van der Waals surface area contributed by atoms with Crippen molar-refractivity contribution in [1.29, 1.82) is 5.26 Å². The van der Waals surface area contributed by atoms with Crippen LogP contribution in [0.2, 0.25) is 5.02 Å². The average molecular weight is 359 g/mol. The maximum Gasteiger partial charge on any atom is 0.270 e. The molecule has 0 aliphatic heterocycles. The smallest absolute Gasteiger partial charge is 0.270 e. The van der Waals surface area contributed by atoms with E-state index in [1.165, 1.54) is 25.3 Å². The second kappa shape index (κ2) is 8.18. The molecule has 0 unspecified atom stereocenters. The van der Waals surface area contributed by atoms with E-state index in [1.54, 1.807) is 24.3 Å². The van der Waals surface area contributed by atoms with Gasteiger partial charge < -0.3 is 9.47 Å². The lowest BCUT2D eigenvalue weighted by atomic mass is 10.0. The van der Waals surface area contributed by atoms with Crippen LogP contribution in [0.1, 0.15) is 18.1 Å². The number of non-ortho nitro benzene ring substituents is 1. The number of allylic oxidation sites excluding steroid dienone is 1. The zero-order chi connectivity index (χ0) is 18.4. The van der Waals surface area contributed by atoms with Crippen molar-refractivity contribution in [2.24, 2.45) is 0 Å². The molecule has 2 aromatic rings. The Kier molecular flexibility index (Phi) is 5.98. The lowest BCUT2D eigenvalue weighted by Crippen LogP contribution is -1.96. The van der Waals surface area contributed by atoms with E-state index in [2.05, 4.69) is 0 Å². The molecule has 0 saturated heterocycles. The van der Waals surface area contributed by atoms with Gasteiger partial charge in [-0.1, -0.05) is 23.7 Å². The predicted octanol–water partition coefficient (Wildman–Crippen LogP) is 4.72. The van der Waals surface area contributed by atoms with Crippen LogP contribution in [0.25, 0.3) is 11.6 Å². The molecule has 0 spiro atoms. The van der Waals surface area contributed by atoms with Crippen molar-refractivity contribution in [3.63, 3.8) is 0 Å². The van der Waals surface area contributed by atoms with Crippen molar-refractivity contribution in [3.8, 4) is 17.6 Å². The molecule has 7 heteroatoms. The summed E-state index contributed by atoms with van der Waals surface area (Å²) in [6.07, 6.45) is 1.56. The summed E-state index contributed by atoms with van der Waals surface area (Å²) < 4.78 is 10.7. The average Bonchev–Trinajstić information content (AvgIpc) is 2.61. The lowest BCUT2D eigenvalue weighted by Gasteiger charge is -2.11. The quantitative estimate of drug-likeness (QED) is 0.323. The van der Waals surface area contributed by atoms with Crippen LogP contribution >= 0.6 is 11.6 Å². The Morgan fingerprint density at radius 2 is 2.12 bits per heavy atom. The second-order valence-electron chi connectivity index (χ2n) is 4.93. The zero-order valence-electron chi connectivity index (χ0n) is 13.7. The molecule has 6 nitrogen and oxygen atoms in total. The third-order valence-electron chi connectivity index (χ3n) is 3.37. The van der Waals surface area contributed by atoms with Gasteiger partial charge in [-0.3, -0.25) is 10.1 Å². The van der Waals surface area contributed by atoms with Gasteiger partial charge in [0.25, 0.3) is 5.69 Å². The van der Waals surface area contributed by atoms with E-state index in [-0.39, 0.29) is 11.3 Å². The number of hydrogen-bond donors (Lipinski definition) is 0. The van der Waals surface area contributed by atoms with Gasteiger partial charge in [0.2, 0.25) is 0 Å². The number of halogens is 1. The van der Waals surface area contributed by atoms with Crippen molar-refractivity contribution in [3.05, 3.63) is 62.7 Å². The maximum absolute atomic E-state index is 10.9. The molecule has 0 radical (unpaired) electrons. The van der Waals surface area contributed by atoms with Gasteiger partial charge in [0.15, 0.2) is 11.5 Å². The number of hydrogen-bond acceptors (Lipinski definition) is 5. The Morgan fingerprint density at radius 3 is 2.72 bits per heavy atom. The highest BCUT2D eigenvalue weighted by Gasteiger charge is 2.12. The molecule has 2 rings (SSSR count). The van der Waals surface area contributed by atoms with E-state index in [0.717, 1.165) is 0 Å². The first kappa shape index (κ1) is 18.3. The molecule has 0 amide bonds. The first-order chi connectivity index (χ1) is 12.0. The number of nitriles is 1. The van der Waals surface area contributed by atoms with E-state index in [4.69, 9.17) is 21.1 Å². The number of methoxy groups -OCH3 is 1. The van der Waals surface area contributed by atoms with E-state index in [1.807, 2.05) is 13.0 Å². The van der Waals surface area contributed by atoms with Gasteiger partial charge in [-0.25, -0.2) is 0 Å². The second-order valence-corrected chi connectivity index (χ2v) is 5.34. The fraction of sp³-hybridized carbons (Fsp3) is 0.167. The molecule has 0 bridgehead atoms. The maximum atomic E-state index is 10.9. The minimum atomic E-state index is -0.508. The van der Waals surface area contributed by atoms with Gasteiger partial charge in [-0.05, 0) is 30.2 Å². The molecule has 0 aliphatic carbocycles. The minimum Gasteiger partial charge on any atom is -0.493 e. The third kappa shape index (κ3) is 4.28. The zero-order valence-corrected chi connectivity index (χ0v) is 14.4. The number of nitro benzene ring substituents is 1. The topological polar surface area (TPSA) is 85.4 Å². The van der Waals surface area contributed by atoms with Crippen molar-refractivity contribution in [2.45, 2.75) is 6.92 Å². The molecule has 0 aromatic heterocycles. The summed E-state index contributed by atoms with van der Waals surface area (Å²) in [5.41, 5.74) is 1.14. The van der Waals surface area contributed by atoms with E-state index in [0.29, 0.717) is 34.3 Å². The predicted molar refractivity (Wildman–Crippen MR) is 95.8 cm³/mol. The molecule has 2 aromatic carbocycles. The Bertz CT molecular complexity index is 872. The molecule has 0 fully saturated rings. The summed E-state index contributed by atoms with van der Waals surface area (Å²) in [5, 5.41) is 20.7. The Balaban J connectivity index is 2.53. The van der Waals surface area contributed by atoms with Crippen LogP contribution in [-0.2, 0) is 0 Å². The number of ether oxygens (including phenoxy) is 2. The fourth-order valence-corrected chi connectivity index (χ4v) is 2.42. The summed E-state index contributed by atoms with van der Waals surface area (Å²) >= 11 is 6.25. The summed E-state index contributed by atoms with van der Waals surface area (Å²) in [6.45, 7) is 2.28. The summed E-state index contributed by atoms with van der Waals surface area (Å²) in [4.78, 5) is 10.4. The summed E-state index contributed by atoms with van der Waals surface area (Å²) in [7, 11) is 1.51. The van der Waals surface area contributed by atoms with E-state index in [9.17, 15) is 15.4 Å². The molecule has 0 heterocycles. The van der Waals surface area contributed by atoms with Crippen LogP contribution in [0.5, 0.6) is 11.5 Å². The molecule has 0 aliphatic rings. The molecule has 25 heavy (non-hydrogen) atoms. The highest BCUT2D eigenvalue weighted by Crippen LogP contribution is 2.35. The van der Waals surface area contributed by atoms with Crippen LogP contribution < -0.4 is 9.47 Å². The molecule has 0 saturated carbocycles. The third-order valence-corrected chi connectivity index (χ3v) is 3.70. The van der Waals surface area contributed by atoms with Crippen molar-refractivity contribution in [1.82, 2.24) is 0 Å². The van der Waals surface area contributed by atoms with Gasteiger partial charge in [0.05, 0.1) is 35.3 Å². The standard InChI is InChI=1S/C18H15ClN2O4/c1-3-25-18-9-13(16(19)10-17(18)24-2)7-14(11-20)12-5-4-6-15(8-12)21(22)23/h4-10H,3H2,1-2H3. The minimum absolute atomic E-state index is 0.0884. The van der Waals surface area contributed by atoms with Crippen molar-refractivity contribution in [2.75, 3.05) is 13.7 Å². The van der Waals surface area contributed by atoms with Gasteiger partial charge >= 0.3 is 0 Å². The van der Waals surface area contributed by atoms with Crippen LogP contribution in [0.3, 0.4) is 0 Å². The first-order valence-electron chi connectivity index (χ1n) is 7.37. The molecule has 128 valence electrons. The highest BCUT2D eigenvalue weighted by atomic mass is 35.5. The molecular formula is C18H15ClN2O4. The number of rotatable bonds is 6. The van der Waals surface area contributed by atoms with Crippen LogP contribution in [0, 0.1) is 21.4 Å². The summed E-state index contributed by atoms with van der Waals surface area (Å²) in [6, 6.07) is 11.2. The van der Waals surface area contributed by atoms with Crippen LogP contribution in [-0.4, -0.2) is 18.6 Å². The van der Waals surface area contributed by atoms with Gasteiger partial charge in [-0.2, -0.15) is 5.26 Å². The largest absolute Gasteiger partial charge is 0.493 e. The van der Waals surface area contributed by atoms with Gasteiger partial charge in [-0.15, -0.1) is 0 Å². The highest BCUT2D eigenvalue weighted by molar-refractivity contribution is 6.32.